The van der Waals surface area contributed by atoms with E-state index in [0.717, 1.165) is 22.5 Å². The van der Waals surface area contributed by atoms with E-state index in [1.165, 1.54) is 5.56 Å². The number of hydrogen-bond acceptors (Lipinski definition) is 3. The van der Waals surface area contributed by atoms with Crippen LogP contribution in [0.25, 0.3) is 16.7 Å². The highest BCUT2D eigenvalue weighted by Crippen LogP contribution is 2.29. The van der Waals surface area contributed by atoms with E-state index >= 15 is 0 Å². The third-order valence-corrected chi connectivity index (χ3v) is 3.71. The summed E-state index contributed by atoms with van der Waals surface area (Å²) in [7, 11) is 1.64. The molecule has 0 aliphatic carbocycles. The number of nitrogen functional groups attached to an aromatic ring is 1. The van der Waals surface area contributed by atoms with Crippen LogP contribution in [0.3, 0.4) is 0 Å². The van der Waals surface area contributed by atoms with E-state index < -0.39 is 0 Å². The van der Waals surface area contributed by atoms with E-state index in [-0.39, 0.29) is 0 Å². The number of rotatable bonds is 3. The predicted octanol–water partition coefficient (Wildman–Crippen LogP) is 3.74. The third kappa shape index (κ3) is 2.23. The van der Waals surface area contributed by atoms with Crippen molar-refractivity contribution in [2.45, 2.75) is 19.8 Å². The summed E-state index contributed by atoms with van der Waals surface area (Å²) < 4.78 is 7.30. The van der Waals surface area contributed by atoms with Gasteiger partial charge >= 0.3 is 0 Å². The molecule has 2 N–H and O–H groups in total. The van der Waals surface area contributed by atoms with Crippen molar-refractivity contribution >= 4 is 17.0 Å². The van der Waals surface area contributed by atoms with Crippen LogP contribution in [0.5, 0.6) is 5.75 Å². The number of methoxy groups -OCH3 is 1. The van der Waals surface area contributed by atoms with Crippen LogP contribution < -0.4 is 10.5 Å². The van der Waals surface area contributed by atoms with Crippen molar-refractivity contribution in [2.24, 2.45) is 0 Å². The fourth-order valence-electron chi connectivity index (χ4n) is 2.54. The molecule has 0 atom stereocenters. The molecule has 108 valence electrons. The number of hydrogen-bond donors (Lipinski definition) is 1. The Bertz CT molecular complexity index is 773. The summed E-state index contributed by atoms with van der Waals surface area (Å²) in [6, 6.07) is 14.2. The largest absolute Gasteiger partial charge is 0.494 e. The molecule has 4 heteroatoms. The zero-order chi connectivity index (χ0) is 15.0. The number of benzene rings is 2. The van der Waals surface area contributed by atoms with Gasteiger partial charge in [-0.3, -0.25) is 4.57 Å². The summed E-state index contributed by atoms with van der Waals surface area (Å²) in [5.41, 5.74) is 10.1. The second-order valence-electron chi connectivity index (χ2n) is 5.38. The number of aromatic nitrogens is 2. The first kappa shape index (κ1) is 13.5. The molecular formula is C17H19N3O. The number of nitrogens with two attached hydrogens (primary N) is 1. The van der Waals surface area contributed by atoms with Gasteiger partial charge in [-0.15, -0.1) is 0 Å². The molecule has 0 saturated carbocycles. The zero-order valence-corrected chi connectivity index (χ0v) is 12.5. The van der Waals surface area contributed by atoms with Crippen LogP contribution in [-0.4, -0.2) is 16.7 Å². The van der Waals surface area contributed by atoms with Crippen LogP contribution in [0.2, 0.25) is 0 Å². The molecular weight excluding hydrogens is 262 g/mol. The van der Waals surface area contributed by atoms with E-state index in [1.807, 2.05) is 22.8 Å². The summed E-state index contributed by atoms with van der Waals surface area (Å²) in [6.45, 7) is 4.36. The molecule has 0 aliphatic heterocycles. The maximum absolute atomic E-state index is 6.10. The van der Waals surface area contributed by atoms with E-state index in [2.05, 4.69) is 43.1 Å². The number of nitrogens with zero attached hydrogens (tertiary/aromatic N) is 2. The molecule has 2 aromatic carbocycles. The Morgan fingerprint density at radius 3 is 2.43 bits per heavy atom. The van der Waals surface area contributed by atoms with E-state index in [0.29, 0.717) is 11.9 Å². The SMILES string of the molecule is COc1cccc2c1nc(N)n2-c1ccc(C(C)C)cc1. The van der Waals surface area contributed by atoms with Gasteiger partial charge in [0.15, 0.2) is 0 Å². The van der Waals surface area contributed by atoms with Crippen LogP contribution in [0.15, 0.2) is 42.5 Å². The van der Waals surface area contributed by atoms with E-state index in [4.69, 9.17) is 10.5 Å². The maximum atomic E-state index is 6.10. The first-order valence-corrected chi connectivity index (χ1v) is 7.03. The van der Waals surface area contributed by atoms with Gasteiger partial charge in [0.1, 0.15) is 11.3 Å². The quantitative estimate of drug-likeness (QED) is 0.795. The Hall–Kier alpha value is -2.49. The number of fused-ring (bicyclic) bond motifs is 1. The van der Waals surface area contributed by atoms with Crippen molar-refractivity contribution in [1.82, 2.24) is 9.55 Å². The van der Waals surface area contributed by atoms with Crippen LogP contribution in [0.4, 0.5) is 5.95 Å². The fourth-order valence-corrected chi connectivity index (χ4v) is 2.54. The first-order chi connectivity index (χ1) is 10.1. The summed E-state index contributed by atoms with van der Waals surface area (Å²) in [5, 5.41) is 0. The maximum Gasteiger partial charge on any atom is 0.206 e. The minimum atomic E-state index is 0.465. The zero-order valence-electron chi connectivity index (χ0n) is 12.5. The van der Waals surface area contributed by atoms with Gasteiger partial charge in [0, 0.05) is 5.69 Å². The molecule has 3 rings (SSSR count). The molecule has 1 aromatic heterocycles. The van der Waals surface area contributed by atoms with Crippen molar-refractivity contribution in [3.63, 3.8) is 0 Å². The molecule has 0 unspecified atom stereocenters. The molecule has 0 spiro atoms. The second-order valence-corrected chi connectivity index (χ2v) is 5.38. The highest BCUT2D eigenvalue weighted by molar-refractivity contribution is 5.86. The molecule has 0 bridgehead atoms. The standard InChI is InChI=1S/C17H19N3O/c1-11(2)12-7-9-13(10-8-12)20-14-5-4-6-15(21-3)16(14)19-17(20)18/h4-11H,1-3H3,(H2,18,19). The van der Waals surface area contributed by atoms with Gasteiger partial charge in [-0.25, -0.2) is 4.98 Å². The molecule has 0 saturated heterocycles. The normalized spacial score (nSPS) is 11.2. The minimum Gasteiger partial charge on any atom is -0.494 e. The van der Waals surface area contributed by atoms with Gasteiger partial charge in [-0.1, -0.05) is 32.0 Å². The molecule has 0 radical (unpaired) electrons. The fraction of sp³-hybridized carbons (Fsp3) is 0.235. The highest BCUT2D eigenvalue weighted by atomic mass is 16.5. The average molecular weight is 281 g/mol. The van der Waals surface area contributed by atoms with E-state index in [9.17, 15) is 0 Å². The number of ether oxygens (including phenoxy) is 1. The highest BCUT2D eigenvalue weighted by Gasteiger charge is 2.13. The lowest BCUT2D eigenvalue weighted by molar-refractivity contribution is 0.419. The smallest absolute Gasteiger partial charge is 0.206 e. The first-order valence-electron chi connectivity index (χ1n) is 7.03. The van der Waals surface area contributed by atoms with Gasteiger partial charge in [-0.2, -0.15) is 0 Å². The van der Waals surface area contributed by atoms with Gasteiger partial charge in [0.05, 0.1) is 12.6 Å². The lowest BCUT2D eigenvalue weighted by atomic mass is 10.0. The Labute approximate surface area is 124 Å². The van der Waals surface area contributed by atoms with Gasteiger partial charge < -0.3 is 10.5 Å². The van der Waals surface area contributed by atoms with Crippen molar-refractivity contribution in [2.75, 3.05) is 12.8 Å². The number of anilines is 1. The van der Waals surface area contributed by atoms with Gasteiger partial charge in [0.2, 0.25) is 5.95 Å². The van der Waals surface area contributed by atoms with Crippen molar-refractivity contribution in [3.05, 3.63) is 48.0 Å². The monoisotopic (exact) mass is 281 g/mol. The van der Waals surface area contributed by atoms with Crippen LogP contribution in [0, 0.1) is 0 Å². The summed E-state index contributed by atoms with van der Waals surface area (Å²) in [6.07, 6.45) is 0. The predicted molar refractivity (Wildman–Crippen MR) is 86.1 cm³/mol. The van der Waals surface area contributed by atoms with Crippen LogP contribution in [-0.2, 0) is 0 Å². The molecule has 1 heterocycles. The topological polar surface area (TPSA) is 53.1 Å². The molecule has 21 heavy (non-hydrogen) atoms. The number of para-hydroxylation sites is 1. The minimum absolute atomic E-state index is 0.465. The van der Waals surface area contributed by atoms with Gasteiger partial charge in [-0.05, 0) is 35.7 Å². The summed E-state index contributed by atoms with van der Waals surface area (Å²) in [4.78, 5) is 4.43. The van der Waals surface area contributed by atoms with Crippen molar-refractivity contribution < 1.29 is 4.74 Å². The van der Waals surface area contributed by atoms with Crippen LogP contribution >= 0.6 is 0 Å². The molecule has 0 fully saturated rings. The Kier molecular flexibility index (Phi) is 3.29. The van der Waals surface area contributed by atoms with E-state index in [1.54, 1.807) is 7.11 Å². The lowest BCUT2D eigenvalue weighted by Crippen LogP contribution is -2.00. The second kappa shape index (κ2) is 5.13. The molecule has 3 aromatic rings. The van der Waals surface area contributed by atoms with Crippen molar-refractivity contribution in [3.8, 4) is 11.4 Å². The lowest BCUT2D eigenvalue weighted by Gasteiger charge is -2.10. The molecule has 0 amide bonds. The molecule has 0 aliphatic rings. The average Bonchev–Trinajstić information content (AvgIpc) is 2.83. The Morgan fingerprint density at radius 2 is 1.81 bits per heavy atom. The van der Waals surface area contributed by atoms with Gasteiger partial charge in [0.25, 0.3) is 0 Å². The summed E-state index contributed by atoms with van der Waals surface area (Å²) >= 11 is 0. The Morgan fingerprint density at radius 1 is 1.10 bits per heavy atom. The third-order valence-electron chi connectivity index (χ3n) is 3.71. The summed E-state index contributed by atoms with van der Waals surface area (Å²) in [5.74, 6) is 1.71. The van der Waals surface area contributed by atoms with Crippen LogP contribution in [0.1, 0.15) is 25.3 Å². The molecule has 4 nitrogen and oxygen atoms in total. The van der Waals surface area contributed by atoms with Crippen molar-refractivity contribution in [1.29, 1.82) is 0 Å². The Balaban J connectivity index is 2.18. The number of imidazole rings is 1.